The van der Waals surface area contributed by atoms with Gasteiger partial charge in [0.15, 0.2) is 0 Å². The standard InChI is InChI=1S/C14H20O2/c1-3-10(2)14(15)11-5-4-6-13(9-11)16-12-7-8-12/h4-6,9-10,12,14-15H,3,7-8H2,1-2H3. The molecule has 0 amide bonds. The molecule has 0 heterocycles. The number of aliphatic hydroxyl groups is 1. The van der Waals surface area contributed by atoms with Crippen LogP contribution in [0.3, 0.4) is 0 Å². The Morgan fingerprint density at radius 2 is 2.19 bits per heavy atom. The van der Waals surface area contributed by atoms with Crippen molar-refractivity contribution in [3.63, 3.8) is 0 Å². The summed E-state index contributed by atoms with van der Waals surface area (Å²) in [6.45, 7) is 4.16. The van der Waals surface area contributed by atoms with Gasteiger partial charge in [-0.25, -0.2) is 0 Å². The summed E-state index contributed by atoms with van der Waals surface area (Å²) in [5, 5.41) is 10.1. The average Bonchev–Trinajstić information content (AvgIpc) is 3.11. The van der Waals surface area contributed by atoms with E-state index in [1.807, 2.05) is 24.3 Å². The first kappa shape index (κ1) is 11.5. The Morgan fingerprint density at radius 1 is 1.44 bits per heavy atom. The monoisotopic (exact) mass is 220 g/mol. The van der Waals surface area contributed by atoms with Crippen LogP contribution < -0.4 is 4.74 Å². The molecule has 0 aliphatic heterocycles. The van der Waals surface area contributed by atoms with Crippen LogP contribution in [0.25, 0.3) is 0 Å². The Labute approximate surface area is 97.3 Å². The van der Waals surface area contributed by atoms with E-state index in [-0.39, 0.29) is 12.0 Å². The van der Waals surface area contributed by atoms with Gasteiger partial charge in [0, 0.05) is 0 Å². The van der Waals surface area contributed by atoms with Crippen molar-refractivity contribution in [3.05, 3.63) is 29.8 Å². The van der Waals surface area contributed by atoms with Crippen LogP contribution in [-0.4, -0.2) is 11.2 Å². The molecule has 2 heteroatoms. The highest BCUT2D eigenvalue weighted by molar-refractivity contribution is 5.30. The van der Waals surface area contributed by atoms with Gasteiger partial charge < -0.3 is 9.84 Å². The molecule has 88 valence electrons. The molecule has 0 radical (unpaired) electrons. The van der Waals surface area contributed by atoms with Crippen molar-refractivity contribution < 1.29 is 9.84 Å². The van der Waals surface area contributed by atoms with Crippen molar-refractivity contribution in [2.24, 2.45) is 5.92 Å². The normalized spacial score (nSPS) is 19.2. The first-order valence-electron chi connectivity index (χ1n) is 6.15. The number of hydrogen-bond acceptors (Lipinski definition) is 2. The van der Waals surface area contributed by atoms with Gasteiger partial charge in [-0.2, -0.15) is 0 Å². The molecule has 16 heavy (non-hydrogen) atoms. The smallest absolute Gasteiger partial charge is 0.120 e. The van der Waals surface area contributed by atoms with Gasteiger partial charge in [0.1, 0.15) is 5.75 Å². The Bertz CT molecular complexity index is 344. The summed E-state index contributed by atoms with van der Waals surface area (Å²) in [6.07, 6.45) is 3.34. The first-order valence-corrected chi connectivity index (χ1v) is 6.15. The van der Waals surface area contributed by atoms with Crippen molar-refractivity contribution in [1.82, 2.24) is 0 Å². The second-order valence-corrected chi connectivity index (χ2v) is 4.72. The molecule has 0 spiro atoms. The lowest BCUT2D eigenvalue weighted by molar-refractivity contribution is 0.115. The maximum atomic E-state index is 10.1. The minimum absolute atomic E-state index is 0.288. The van der Waals surface area contributed by atoms with Crippen LogP contribution in [0, 0.1) is 5.92 Å². The Balaban J connectivity index is 2.07. The first-order chi connectivity index (χ1) is 7.70. The zero-order valence-corrected chi connectivity index (χ0v) is 10.0. The summed E-state index contributed by atoms with van der Waals surface area (Å²) < 4.78 is 5.72. The molecule has 2 atom stereocenters. The highest BCUT2D eigenvalue weighted by Gasteiger charge is 2.24. The molecule has 1 fully saturated rings. The van der Waals surface area contributed by atoms with E-state index in [1.165, 1.54) is 0 Å². The summed E-state index contributed by atoms with van der Waals surface area (Å²) >= 11 is 0. The molecule has 1 aliphatic rings. The van der Waals surface area contributed by atoms with Gasteiger partial charge in [0.25, 0.3) is 0 Å². The van der Waals surface area contributed by atoms with Gasteiger partial charge in [0.05, 0.1) is 12.2 Å². The third-order valence-electron chi connectivity index (χ3n) is 3.21. The summed E-state index contributed by atoms with van der Waals surface area (Å²) in [5.41, 5.74) is 0.965. The van der Waals surface area contributed by atoms with Crippen LogP contribution in [0.15, 0.2) is 24.3 Å². The fraction of sp³-hybridized carbons (Fsp3) is 0.571. The van der Waals surface area contributed by atoms with E-state index in [0.29, 0.717) is 6.10 Å². The highest BCUT2D eigenvalue weighted by atomic mass is 16.5. The Hall–Kier alpha value is -1.02. The molecule has 1 aliphatic carbocycles. The quantitative estimate of drug-likeness (QED) is 0.825. The average molecular weight is 220 g/mol. The van der Waals surface area contributed by atoms with Gasteiger partial charge in [-0.05, 0) is 36.5 Å². The topological polar surface area (TPSA) is 29.5 Å². The molecule has 1 aromatic carbocycles. The van der Waals surface area contributed by atoms with Gasteiger partial charge in [-0.15, -0.1) is 0 Å². The molecule has 2 rings (SSSR count). The fourth-order valence-corrected chi connectivity index (χ4v) is 1.70. The lowest BCUT2D eigenvalue weighted by atomic mass is 9.95. The van der Waals surface area contributed by atoms with Crippen LogP contribution in [0.2, 0.25) is 0 Å². The van der Waals surface area contributed by atoms with Crippen LogP contribution in [0.1, 0.15) is 44.8 Å². The largest absolute Gasteiger partial charge is 0.490 e. The molecule has 1 N–H and O–H groups in total. The maximum absolute atomic E-state index is 10.1. The molecular formula is C14H20O2. The zero-order chi connectivity index (χ0) is 11.5. The predicted octanol–water partition coefficient (Wildman–Crippen LogP) is 3.31. The van der Waals surface area contributed by atoms with Crippen LogP contribution >= 0.6 is 0 Å². The third-order valence-corrected chi connectivity index (χ3v) is 3.21. The van der Waals surface area contributed by atoms with E-state index in [9.17, 15) is 5.11 Å². The zero-order valence-electron chi connectivity index (χ0n) is 10.0. The molecule has 1 saturated carbocycles. The van der Waals surface area contributed by atoms with Crippen LogP contribution in [0.5, 0.6) is 5.75 Å². The molecule has 0 aromatic heterocycles. The van der Waals surface area contributed by atoms with Crippen molar-refractivity contribution in [1.29, 1.82) is 0 Å². The summed E-state index contributed by atoms with van der Waals surface area (Å²) in [6, 6.07) is 7.86. The molecule has 2 nitrogen and oxygen atoms in total. The lowest BCUT2D eigenvalue weighted by Gasteiger charge is -2.18. The predicted molar refractivity (Wildman–Crippen MR) is 64.5 cm³/mol. The number of benzene rings is 1. The maximum Gasteiger partial charge on any atom is 0.120 e. The fourth-order valence-electron chi connectivity index (χ4n) is 1.70. The van der Waals surface area contributed by atoms with Gasteiger partial charge in [-0.1, -0.05) is 32.4 Å². The molecule has 0 saturated heterocycles. The number of hydrogen-bond donors (Lipinski definition) is 1. The van der Waals surface area contributed by atoms with Crippen molar-refractivity contribution >= 4 is 0 Å². The van der Waals surface area contributed by atoms with E-state index in [2.05, 4.69) is 13.8 Å². The highest BCUT2D eigenvalue weighted by Crippen LogP contribution is 2.30. The SMILES string of the molecule is CCC(C)C(O)c1cccc(OC2CC2)c1. The summed E-state index contributed by atoms with van der Waals surface area (Å²) in [5.74, 6) is 1.18. The van der Waals surface area contributed by atoms with Crippen LogP contribution in [-0.2, 0) is 0 Å². The van der Waals surface area contributed by atoms with E-state index in [4.69, 9.17) is 4.74 Å². The second-order valence-electron chi connectivity index (χ2n) is 4.72. The Morgan fingerprint density at radius 3 is 2.81 bits per heavy atom. The van der Waals surface area contributed by atoms with E-state index < -0.39 is 0 Å². The van der Waals surface area contributed by atoms with Gasteiger partial charge >= 0.3 is 0 Å². The van der Waals surface area contributed by atoms with Gasteiger partial charge in [-0.3, -0.25) is 0 Å². The number of rotatable bonds is 5. The van der Waals surface area contributed by atoms with Crippen molar-refractivity contribution in [2.45, 2.75) is 45.3 Å². The van der Waals surface area contributed by atoms with E-state index >= 15 is 0 Å². The Kier molecular flexibility index (Phi) is 3.49. The molecular weight excluding hydrogens is 200 g/mol. The van der Waals surface area contributed by atoms with Crippen molar-refractivity contribution in [3.8, 4) is 5.75 Å². The molecule has 0 bridgehead atoms. The van der Waals surface area contributed by atoms with E-state index in [0.717, 1.165) is 30.6 Å². The summed E-state index contributed by atoms with van der Waals surface area (Å²) in [4.78, 5) is 0. The number of aliphatic hydroxyl groups excluding tert-OH is 1. The molecule has 2 unspecified atom stereocenters. The minimum atomic E-state index is -0.382. The third kappa shape index (κ3) is 2.76. The van der Waals surface area contributed by atoms with Gasteiger partial charge in [0.2, 0.25) is 0 Å². The minimum Gasteiger partial charge on any atom is -0.490 e. The van der Waals surface area contributed by atoms with Crippen molar-refractivity contribution in [2.75, 3.05) is 0 Å². The number of ether oxygens (including phenoxy) is 1. The van der Waals surface area contributed by atoms with Crippen LogP contribution in [0.4, 0.5) is 0 Å². The second kappa shape index (κ2) is 4.88. The molecule has 1 aromatic rings. The lowest BCUT2D eigenvalue weighted by Crippen LogP contribution is -2.08. The summed E-state index contributed by atoms with van der Waals surface area (Å²) in [7, 11) is 0. The van der Waals surface area contributed by atoms with E-state index in [1.54, 1.807) is 0 Å².